The summed E-state index contributed by atoms with van der Waals surface area (Å²) in [5.74, 6) is 2.43. The Morgan fingerprint density at radius 1 is 1.05 bits per heavy atom. The van der Waals surface area contributed by atoms with Gasteiger partial charge in [-0.3, -0.25) is 0 Å². The minimum Gasteiger partial charge on any atom is -0.495 e. The van der Waals surface area contributed by atoms with Crippen LogP contribution in [0.1, 0.15) is 32.1 Å². The zero-order valence-electron chi connectivity index (χ0n) is 12.9. The number of anilines is 3. The van der Waals surface area contributed by atoms with E-state index in [9.17, 15) is 0 Å². The fraction of sp³-hybridized carbons (Fsp3) is 0.412. The van der Waals surface area contributed by atoms with Gasteiger partial charge in [0.05, 0.1) is 12.8 Å². The molecule has 2 aromatic rings. The summed E-state index contributed by atoms with van der Waals surface area (Å²) in [6, 6.07) is 10.3. The molecule has 1 saturated carbocycles. The fourth-order valence-corrected chi connectivity index (χ4v) is 2.85. The average Bonchev–Trinajstić information content (AvgIpc) is 2.57. The van der Waals surface area contributed by atoms with Crippen LogP contribution in [0.3, 0.4) is 0 Å². The van der Waals surface area contributed by atoms with Crippen LogP contribution in [0.5, 0.6) is 5.75 Å². The second-order valence-corrected chi connectivity index (χ2v) is 5.59. The zero-order chi connectivity index (χ0) is 15.2. The number of aromatic nitrogens is 2. The fourth-order valence-electron chi connectivity index (χ4n) is 2.85. The van der Waals surface area contributed by atoms with E-state index in [2.05, 4.69) is 20.6 Å². The molecule has 5 heteroatoms. The molecule has 1 aromatic heterocycles. The minimum absolute atomic E-state index is 0.530. The molecular formula is C17H22N4O. The second kappa shape index (κ2) is 7.11. The molecule has 22 heavy (non-hydrogen) atoms. The van der Waals surface area contributed by atoms with E-state index in [4.69, 9.17) is 4.74 Å². The van der Waals surface area contributed by atoms with Crippen molar-refractivity contribution in [3.8, 4) is 5.75 Å². The van der Waals surface area contributed by atoms with Gasteiger partial charge in [-0.25, -0.2) is 9.97 Å². The van der Waals surface area contributed by atoms with Gasteiger partial charge in [0, 0.05) is 12.1 Å². The number of methoxy groups -OCH3 is 1. The first kappa shape index (κ1) is 14.6. The summed E-state index contributed by atoms with van der Waals surface area (Å²) in [6.45, 7) is 0. The van der Waals surface area contributed by atoms with Crippen molar-refractivity contribution in [2.45, 2.75) is 38.1 Å². The maximum Gasteiger partial charge on any atom is 0.142 e. The zero-order valence-corrected chi connectivity index (χ0v) is 12.9. The van der Waals surface area contributed by atoms with E-state index in [0.29, 0.717) is 6.04 Å². The molecule has 1 heterocycles. The maximum absolute atomic E-state index is 5.35. The molecule has 3 rings (SSSR count). The summed E-state index contributed by atoms with van der Waals surface area (Å²) in [4.78, 5) is 8.61. The van der Waals surface area contributed by atoms with Crippen LogP contribution in [-0.4, -0.2) is 23.1 Å². The summed E-state index contributed by atoms with van der Waals surface area (Å²) >= 11 is 0. The van der Waals surface area contributed by atoms with Crippen LogP contribution < -0.4 is 15.4 Å². The number of hydrogen-bond donors (Lipinski definition) is 2. The lowest BCUT2D eigenvalue weighted by atomic mass is 9.95. The molecule has 0 bridgehead atoms. The Labute approximate surface area is 131 Å². The molecule has 2 N–H and O–H groups in total. The lowest BCUT2D eigenvalue weighted by Gasteiger charge is -2.23. The van der Waals surface area contributed by atoms with Crippen molar-refractivity contribution in [3.05, 3.63) is 36.7 Å². The van der Waals surface area contributed by atoms with E-state index in [1.54, 1.807) is 13.4 Å². The van der Waals surface area contributed by atoms with Gasteiger partial charge in [0.25, 0.3) is 0 Å². The Hall–Kier alpha value is -2.30. The first-order valence-electron chi connectivity index (χ1n) is 7.84. The van der Waals surface area contributed by atoms with Crippen LogP contribution in [0, 0.1) is 0 Å². The number of hydrogen-bond acceptors (Lipinski definition) is 5. The van der Waals surface area contributed by atoms with Gasteiger partial charge < -0.3 is 15.4 Å². The molecule has 1 aliphatic carbocycles. The van der Waals surface area contributed by atoms with E-state index < -0.39 is 0 Å². The van der Waals surface area contributed by atoms with Crippen LogP contribution >= 0.6 is 0 Å². The highest BCUT2D eigenvalue weighted by atomic mass is 16.5. The van der Waals surface area contributed by atoms with E-state index >= 15 is 0 Å². The molecule has 116 valence electrons. The molecule has 5 nitrogen and oxygen atoms in total. The average molecular weight is 298 g/mol. The van der Waals surface area contributed by atoms with Crippen LogP contribution in [-0.2, 0) is 0 Å². The predicted octanol–water partition coefficient (Wildman–Crippen LogP) is 3.97. The van der Waals surface area contributed by atoms with Gasteiger partial charge in [0.2, 0.25) is 0 Å². The molecule has 0 unspecified atom stereocenters. The number of benzene rings is 1. The highest BCUT2D eigenvalue weighted by Gasteiger charge is 2.13. The quantitative estimate of drug-likeness (QED) is 0.874. The van der Waals surface area contributed by atoms with Crippen molar-refractivity contribution in [1.29, 1.82) is 0 Å². The van der Waals surface area contributed by atoms with Gasteiger partial charge in [-0.2, -0.15) is 0 Å². The molecule has 0 amide bonds. The second-order valence-electron chi connectivity index (χ2n) is 5.59. The van der Waals surface area contributed by atoms with Gasteiger partial charge in [0.1, 0.15) is 23.7 Å². The third kappa shape index (κ3) is 3.67. The predicted molar refractivity (Wildman–Crippen MR) is 88.8 cm³/mol. The van der Waals surface area contributed by atoms with E-state index in [-0.39, 0.29) is 0 Å². The SMILES string of the molecule is COc1ccccc1Nc1cc(NC2CCCCC2)ncn1. The molecule has 1 aromatic carbocycles. The number of nitrogens with zero attached hydrogens (tertiary/aromatic N) is 2. The first-order valence-corrected chi connectivity index (χ1v) is 7.84. The summed E-state index contributed by atoms with van der Waals surface area (Å²) < 4.78 is 5.35. The van der Waals surface area contributed by atoms with E-state index in [0.717, 1.165) is 23.1 Å². The molecule has 0 spiro atoms. The topological polar surface area (TPSA) is 59.1 Å². The smallest absolute Gasteiger partial charge is 0.142 e. The minimum atomic E-state index is 0.530. The summed E-state index contributed by atoms with van der Waals surface area (Å²) in [6.07, 6.45) is 7.98. The van der Waals surface area contributed by atoms with Gasteiger partial charge in [-0.05, 0) is 25.0 Å². The lowest BCUT2D eigenvalue weighted by Crippen LogP contribution is -2.22. The van der Waals surface area contributed by atoms with Crippen LogP contribution in [0.4, 0.5) is 17.3 Å². The molecule has 0 atom stereocenters. The normalized spacial score (nSPS) is 15.3. The Bertz CT molecular complexity index is 611. The van der Waals surface area contributed by atoms with Crippen molar-refractivity contribution in [1.82, 2.24) is 9.97 Å². The Balaban J connectivity index is 1.70. The Morgan fingerprint density at radius 3 is 2.64 bits per heavy atom. The molecule has 1 fully saturated rings. The number of ether oxygens (including phenoxy) is 1. The highest BCUT2D eigenvalue weighted by Crippen LogP contribution is 2.27. The van der Waals surface area contributed by atoms with Gasteiger partial charge >= 0.3 is 0 Å². The third-order valence-corrected chi connectivity index (χ3v) is 3.99. The van der Waals surface area contributed by atoms with Crippen molar-refractivity contribution >= 4 is 17.3 Å². The van der Waals surface area contributed by atoms with Crippen LogP contribution in [0.15, 0.2) is 36.7 Å². The molecule has 0 saturated heterocycles. The third-order valence-electron chi connectivity index (χ3n) is 3.99. The van der Waals surface area contributed by atoms with Gasteiger partial charge in [0.15, 0.2) is 0 Å². The van der Waals surface area contributed by atoms with E-state index in [1.807, 2.05) is 30.3 Å². The van der Waals surface area contributed by atoms with Crippen molar-refractivity contribution in [2.75, 3.05) is 17.7 Å². The largest absolute Gasteiger partial charge is 0.495 e. The Morgan fingerprint density at radius 2 is 1.82 bits per heavy atom. The van der Waals surface area contributed by atoms with Gasteiger partial charge in [-0.1, -0.05) is 31.4 Å². The Kier molecular flexibility index (Phi) is 4.73. The standard InChI is InChI=1S/C17H22N4O/c1-22-15-10-6-5-9-14(15)21-17-11-16(18-12-19-17)20-13-7-3-2-4-8-13/h5-6,9-13H,2-4,7-8H2,1H3,(H2,18,19,20,21). The monoisotopic (exact) mass is 298 g/mol. The van der Waals surface area contributed by atoms with Crippen molar-refractivity contribution in [3.63, 3.8) is 0 Å². The molecular weight excluding hydrogens is 276 g/mol. The molecule has 0 radical (unpaired) electrons. The van der Waals surface area contributed by atoms with Crippen molar-refractivity contribution in [2.24, 2.45) is 0 Å². The summed E-state index contributed by atoms with van der Waals surface area (Å²) in [5, 5.41) is 6.80. The highest BCUT2D eigenvalue weighted by molar-refractivity contribution is 5.65. The first-order chi connectivity index (χ1) is 10.8. The summed E-state index contributed by atoms with van der Waals surface area (Å²) in [5.41, 5.74) is 0.896. The lowest BCUT2D eigenvalue weighted by molar-refractivity contribution is 0.417. The molecule has 1 aliphatic rings. The van der Waals surface area contributed by atoms with E-state index in [1.165, 1.54) is 32.1 Å². The van der Waals surface area contributed by atoms with Gasteiger partial charge in [-0.15, -0.1) is 0 Å². The summed E-state index contributed by atoms with van der Waals surface area (Å²) in [7, 11) is 1.66. The van der Waals surface area contributed by atoms with Crippen molar-refractivity contribution < 1.29 is 4.74 Å². The number of nitrogens with one attached hydrogen (secondary N) is 2. The molecule has 0 aliphatic heterocycles. The number of rotatable bonds is 5. The maximum atomic E-state index is 5.35. The number of para-hydroxylation sites is 2. The van der Waals surface area contributed by atoms with Crippen LogP contribution in [0.2, 0.25) is 0 Å². The van der Waals surface area contributed by atoms with Crippen LogP contribution in [0.25, 0.3) is 0 Å².